The van der Waals surface area contributed by atoms with E-state index in [1.807, 2.05) is 0 Å². The van der Waals surface area contributed by atoms with Crippen LogP contribution in [0.5, 0.6) is 0 Å². The minimum atomic E-state index is -0.822. The first-order valence-electron chi connectivity index (χ1n) is 3.27. The van der Waals surface area contributed by atoms with Gasteiger partial charge in [0.2, 0.25) is 0 Å². The molecule has 0 atom stereocenters. The molecule has 4 nitrogen and oxygen atoms in total. The highest BCUT2D eigenvalue weighted by Crippen LogP contribution is 2.32. The Morgan fingerprint density at radius 2 is 1.83 bits per heavy atom. The zero-order valence-corrected chi connectivity index (χ0v) is 9.85. The minimum absolute atomic E-state index is 0.273. The molecular formula is C6H8Br2N2O2. The van der Waals surface area contributed by atoms with Crippen molar-refractivity contribution >= 4 is 43.8 Å². The van der Waals surface area contributed by atoms with Gasteiger partial charge in [0.05, 0.1) is 6.54 Å². The van der Waals surface area contributed by atoms with Gasteiger partial charge in [-0.15, -0.1) is 0 Å². The number of amides is 3. The number of hydrogen-bond acceptors (Lipinski definition) is 2. The molecule has 68 valence electrons. The lowest BCUT2D eigenvalue weighted by Crippen LogP contribution is -2.58. The Morgan fingerprint density at radius 3 is 2.33 bits per heavy atom. The first kappa shape index (κ1) is 9.98. The lowest BCUT2D eigenvalue weighted by atomic mass is 10.3. The third-order valence-corrected chi connectivity index (χ3v) is 2.85. The Balaban J connectivity index is 2.93. The molecular weight excluding hydrogens is 292 g/mol. The highest BCUT2D eigenvalue weighted by atomic mass is 79.9. The molecule has 0 aromatic rings. The van der Waals surface area contributed by atoms with Crippen LogP contribution in [0, 0.1) is 0 Å². The second-order valence-corrected chi connectivity index (χ2v) is 6.48. The Bertz CT molecular complexity index is 242. The maximum Gasteiger partial charge on any atom is 0.326 e. The molecule has 0 aliphatic carbocycles. The van der Waals surface area contributed by atoms with Crippen molar-refractivity contribution in [3.63, 3.8) is 0 Å². The largest absolute Gasteiger partial charge is 0.326 e. The van der Waals surface area contributed by atoms with Gasteiger partial charge < -0.3 is 4.90 Å². The average molecular weight is 300 g/mol. The fourth-order valence-corrected chi connectivity index (χ4v) is 2.31. The standard InChI is InChI=1S/C6H8Br2N2O2/c1-9-3-6(7,8)4(11)10(2)5(9)12/h3H2,1-2H3. The first-order chi connectivity index (χ1) is 5.36. The fraction of sp³-hybridized carbons (Fsp3) is 0.667. The molecule has 0 aromatic heterocycles. The monoisotopic (exact) mass is 298 g/mol. The van der Waals surface area contributed by atoms with E-state index in [0.717, 1.165) is 4.90 Å². The summed E-state index contributed by atoms with van der Waals surface area (Å²) < 4.78 is -0.822. The topological polar surface area (TPSA) is 40.6 Å². The summed E-state index contributed by atoms with van der Waals surface area (Å²) in [5, 5.41) is 0. The Kier molecular flexibility index (Phi) is 2.49. The fourth-order valence-electron chi connectivity index (χ4n) is 1.02. The van der Waals surface area contributed by atoms with Crippen LogP contribution in [0.4, 0.5) is 4.79 Å². The van der Waals surface area contributed by atoms with E-state index in [1.54, 1.807) is 7.05 Å². The Morgan fingerprint density at radius 1 is 1.33 bits per heavy atom. The van der Waals surface area contributed by atoms with Gasteiger partial charge in [-0.2, -0.15) is 0 Å². The molecule has 1 rings (SSSR count). The molecule has 0 spiro atoms. The number of carbonyl (C=O) groups is 2. The van der Waals surface area contributed by atoms with Gasteiger partial charge in [0.1, 0.15) is 0 Å². The summed E-state index contributed by atoms with van der Waals surface area (Å²) in [6, 6.07) is -0.283. The Hall–Kier alpha value is -0.100. The number of hydrogen-bond donors (Lipinski definition) is 0. The second-order valence-electron chi connectivity index (χ2n) is 2.71. The van der Waals surface area contributed by atoms with Gasteiger partial charge in [0.25, 0.3) is 5.91 Å². The van der Waals surface area contributed by atoms with E-state index in [-0.39, 0.29) is 11.9 Å². The molecule has 3 amide bonds. The van der Waals surface area contributed by atoms with Crippen molar-refractivity contribution in [3.05, 3.63) is 0 Å². The van der Waals surface area contributed by atoms with Crippen LogP contribution >= 0.6 is 31.9 Å². The van der Waals surface area contributed by atoms with Crippen LogP contribution in [-0.2, 0) is 4.79 Å². The third kappa shape index (κ3) is 1.50. The second kappa shape index (κ2) is 2.99. The van der Waals surface area contributed by atoms with E-state index >= 15 is 0 Å². The van der Waals surface area contributed by atoms with Crippen LogP contribution in [0.2, 0.25) is 0 Å². The molecule has 0 saturated carbocycles. The molecule has 1 fully saturated rings. The summed E-state index contributed by atoms with van der Waals surface area (Å²) in [6.07, 6.45) is 0. The molecule has 0 radical (unpaired) electrons. The summed E-state index contributed by atoms with van der Waals surface area (Å²) in [6.45, 7) is 0.328. The molecule has 1 aliphatic heterocycles. The van der Waals surface area contributed by atoms with Crippen molar-refractivity contribution in [2.24, 2.45) is 0 Å². The SMILES string of the molecule is CN1CC(Br)(Br)C(=O)N(C)C1=O. The summed E-state index contributed by atoms with van der Waals surface area (Å²) in [5.74, 6) is -0.273. The van der Waals surface area contributed by atoms with Crippen molar-refractivity contribution in [2.45, 2.75) is 3.23 Å². The van der Waals surface area contributed by atoms with E-state index in [1.165, 1.54) is 11.9 Å². The quantitative estimate of drug-likeness (QED) is 0.626. The minimum Gasteiger partial charge on any atom is -0.325 e. The van der Waals surface area contributed by atoms with Gasteiger partial charge in [0, 0.05) is 14.1 Å². The predicted octanol–water partition coefficient (Wildman–Crippen LogP) is 0.996. The first-order valence-corrected chi connectivity index (χ1v) is 4.86. The number of imide groups is 1. The van der Waals surface area contributed by atoms with Gasteiger partial charge in [0.15, 0.2) is 3.23 Å². The highest BCUT2D eigenvalue weighted by Gasteiger charge is 2.44. The van der Waals surface area contributed by atoms with Crippen LogP contribution in [0.15, 0.2) is 0 Å². The Labute approximate surface area is 87.1 Å². The number of alkyl halides is 2. The molecule has 0 N–H and O–H groups in total. The van der Waals surface area contributed by atoms with Gasteiger partial charge >= 0.3 is 6.03 Å². The summed E-state index contributed by atoms with van der Waals surface area (Å²) >= 11 is 6.40. The third-order valence-electron chi connectivity index (χ3n) is 1.67. The lowest BCUT2D eigenvalue weighted by molar-refractivity contribution is -0.129. The van der Waals surface area contributed by atoms with Crippen molar-refractivity contribution in [1.29, 1.82) is 0 Å². The van der Waals surface area contributed by atoms with E-state index in [4.69, 9.17) is 0 Å². The molecule has 1 saturated heterocycles. The van der Waals surface area contributed by atoms with Crippen LogP contribution in [0.3, 0.4) is 0 Å². The van der Waals surface area contributed by atoms with Gasteiger partial charge in [-0.3, -0.25) is 9.69 Å². The smallest absolute Gasteiger partial charge is 0.325 e. The normalized spacial score (nSPS) is 23.3. The molecule has 0 bridgehead atoms. The summed E-state index contributed by atoms with van der Waals surface area (Å²) in [5.41, 5.74) is 0. The summed E-state index contributed by atoms with van der Waals surface area (Å²) in [4.78, 5) is 25.1. The predicted molar refractivity (Wildman–Crippen MR) is 51.4 cm³/mol. The zero-order chi connectivity index (χ0) is 9.52. The van der Waals surface area contributed by atoms with Crippen LogP contribution in [0.1, 0.15) is 0 Å². The molecule has 12 heavy (non-hydrogen) atoms. The maximum atomic E-state index is 11.4. The molecule has 6 heteroatoms. The van der Waals surface area contributed by atoms with Gasteiger partial charge in [-0.25, -0.2) is 4.79 Å². The lowest BCUT2D eigenvalue weighted by Gasteiger charge is -2.36. The number of rotatable bonds is 0. The van der Waals surface area contributed by atoms with E-state index < -0.39 is 3.23 Å². The summed E-state index contributed by atoms with van der Waals surface area (Å²) in [7, 11) is 3.10. The van der Waals surface area contributed by atoms with Crippen molar-refractivity contribution in [2.75, 3.05) is 20.6 Å². The molecule has 0 unspecified atom stereocenters. The van der Waals surface area contributed by atoms with Crippen molar-refractivity contribution in [3.8, 4) is 0 Å². The average Bonchev–Trinajstić information content (AvgIpc) is 1.97. The number of urea groups is 1. The molecule has 1 heterocycles. The van der Waals surface area contributed by atoms with Crippen molar-refractivity contribution in [1.82, 2.24) is 9.80 Å². The highest BCUT2D eigenvalue weighted by molar-refractivity contribution is 9.26. The molecule has 0 aromatic carbocycles. The number of carbonyl (C=O) groups excluding carboxylic acids is 2. The van der Waals surface area contributed by atoms with E-state index in [9.17, 15) is 9.59 Å². The maximum absolute atomic E-state index is 11.4. The van der Waals surface area contributed by atoms with E-state index in [0.29, 0.717) is 6.54 Å². The zero-order valence-electron chi connectivity index (χ0n) is 6.67. The van der Waals surface area contributed by atoms with Crippen LogP contribution < -0.4 is 0 Å². The van der Waals surface area contributed by atoms with Gasteiger partial charge in [-0.1, -0.05) is 31.9 Å². The van der Waals surface area contributed by atoms with Crippen LogP contribution in [0.25, 0.3) is 0 Å². The van der Waals surface area contributed by atoms with Gasteiger partial charge in [-0.05, 0) is 0 Å². The van der Waals surface area contributed by atoms with E-state index in [2.05, 4.69) is 31.9 Å². The number of halogens is 2. The molecule has 1 aliphatic rings. The number of nitrogens with zero attached hydrogens (tertiary/aromatic N) is 2. The van der Waals surface area contributed by atoms with Crippen molar-refractivity contribution < 1.29 is 9.59 Å². The van der Waals surface area contributed by atoms with Crippen LogP contribution in [-0.4, -0.2) is 45.6 Å².